The van der Waals surface area contributed by atoms with Crippen LogP contribution >= 0.6 is 15.9 Å². The van der Waals surface area contributed by atoms with Gasteiger partial charge in [0.15, 0.2) is 0 Å². The number of alkyl halides is 1. The summed E-state index contributed by atoms with van der Waals surface area (Å²) in [6.45, 7) is 1.95. The summed E-state index contributed by atoms with van der Waals surface area (Å²) in [7, 11) is 1.64. The van der Waals surface area contributed by atoms with Crippen molar-refractivity contribution in [3.63, 3.8) is 0 Å². The van der Waals surface area contributed by atoms with Gasteiger partial charge in [-0.2, -0.15) is 0 Å². The fourth-order valence-corrected chi connectivity index (χ4v) is 7.36. The Morgan fingerprint density at radius 3 is 2.88 bits per heavy atom. The lowest BCUT2D eigenvalue weighted by molar-refractivity contribution is -0.133. The molecule has 0 spiro atoms. The van der Waals surface area contributed by atoms with Crippen LogP contribution in [-0.2, 0) is 9.53 Å². The van der Waals surface area contributed by atoms with Gasteiger partial charge >= 0.3 is 0 Å². The molecule has 10 heteroatoms. The smallest absolute Gasteiger partial charge is 0.227 e. The first-order valence-corrected chi connectivity index (χ1v) is 13.0. The van der Waals surface area contributed by atoms with E-state index in [2.05, 4.69) is 42.4 Å². The minimum atomic E-state index is -0.301. The highest BCUT2D eigenvalue weighted by molar-refractivity contribution is 9.09. The molecule has 0 radical (unpaired) electrons. The zero-order valence-corrected chi connectivity index (χ0v) is 20.6. The van der Waals surface area contributed by atoms with E-state index in [0.717, 1.165) is 18.5 Å². The molecule has 33 heavy (non-hydrogen) atoms. The number of nitrogens with one attached hydrogen (secondary N) is 4. The second-order valence-electron chi connectivity index (χ2n) is 9.81. The van der Waals surface area contributed by atoms with Crippen molar-refractivity contribution in [1.29, 1.82) is 0 Å². The molecule has 3 heterocycles. The van der Waals surface area contributed by atoms with Gasteiger partial charge < -0.3 is 20.5 Å². The molecule has 6 N–H and O–H groups in total. The van der Waals surface area contributed by atoms with Gasteiger partial charge in [0.2, 0.25) is 11.8 Å². The minimum Gasteiger partial charge on any atom is -0.475 e. The molecule has 5 rings (SSSR count). The Morgan fingerprint density at radius 2 is 2.09 bits per heavy atom. The number of fused-ring (bicyclic) bond motifs is 2. The van der Waals surface area contributed by atoms with E-state index >= 15 is 0 Å². The van der Waals surface area contributed by atoms with E-state index in [0.29, 0.717) is 42.9 Å². The normalized spacial score (nSPS) is 40.6. The van der Waals surface area contributed by atoms with Crippen LogP contribution in [0, 0.1) is 23.7 Å². The fourth-order valence-electron chi connectivity index (χ4n) is 6.44. The standard InChI is InChI=1S/C23H35BrN6O3/c1-32-7-8-33-18-6-5-12(10-26-18)22-28-21-16(24)9-14(20(25)19(21)23(31)29-22)13-3-2-4-17-15(13)11-27-30-17/h5-6,10,13-17,19-22,27-28,30H,2-4,7-9,11,25H2,1H3,(H,29,31). The number of nitrogens with two attached hydrogens (primary N) is 1. The molecule has 1 aromatic heterocycles. The summed E-state index contributed by atoms with van der Waals surface area (Å²) in [5.74, 6) is 1.78. The van der Waals surface area contributed by atoms with E-state index in [1.54, 1.807) is 13.3 Å². The monoisotopic (exact) mass is 522 g/mol. The van der Waals surface area contributed by atoms with E-state index in [-0.39, 0.29) is 34.9 Å². The maximum Gasteiger partial charge on any atom is 0.227 e. The number of ether oxygens (including phenoxy) is 2. The molecule has 2 aliphatic heterocycles. The Kier molecular flexibility index (Phi) is 7.20. The molecule has 1 aromatic rings. The van der Waals surface area contributed by atoms with Gasteiger partial charge in [-0.25, -0.2) is 4.98 Å². The molecule has 9 nitrogen and oxygen atoms in total. The van der Waals surface area contributed by atoms with E-state index < -0.39 is 0 Å². The molecule has 2 saturated heterocycles. The van der Waals surface area contributed by atoms with Crippen LogP contribution in [0.25, 0.3) is 0 Å². The zero-order chi connectivity index (χ0) is 22.9. The van der Waals surface area contributed by atoms with Crippen LogP contribution in [0.3, 0.4) is 0 Å². The maximum absolute atomic E-state index is 13.3. The second kappa shape index (κ2) is 10.1. The first kappa shape index (κ1) is 23.4. The van der Waals surface area contributed by atoms with Gasteiger partial charge in [0, 0.05) is 54.4 Å². The molecular formula is C23H35BrN6O3. The highest BCUT2D eigenvalue weighted by atomic mass is 79.9. The van der Waals surface area contributed by atoms with Crippen LogP contribution in [0.5, 0.6) is 5.88 Å². The third-order valence-electron chi connectivity index (χ3n) is 8.06. The van der Waals surface area contributed by atoms with Crippen molar-refractivity contribution in [3.05, 3.63) is 23.9 Å². The Balaban J connectivity index is 1.27. The summed E-state index contributed by atoms with van der Waals surface area (Å²) in [6.07, 6.45) is 6.06. The number of carbonyl (C=O) groups excluding carboxylic acids is 1. The van der Waals surface area contributed by atoms with Crippen LogP contribution in [0.15, 0.2) is 18.3 Å². The first-order valence-electron chi connectivity index (χ1n) is 12.1. The van der Waals surface area contributed by atoms with Crippen molar-refractivity contribution in [2.75, 3.05) is 26.9 Å². The largest absolute Gasteiger partial charge is 0.475 e. The van der Waals surface area contributed by atoms with Gasteiger partial charge in [0.25, 0.3) is 0 Å². The van der Waals surface area contributed by atoms with E-state index in [9.17, 15) is 4.79 Å². The lowest BCUT2D eigenvalue weighted by Gasteiger charge is -2.52. The van der Waals surface area contributed by atoms with Gasteiger partial charge in [-0.1, -0.05) is 22.4 Å². The van der Waals surface area contributed by atoms with Crippen LogP contribution in [0.2, 0.25) is 0 Å². The highest BCUT2D eigenvalue weighted by Gasteiger charge is 2.53. The van der Waals surface area contributed by atoms with Crippen molar-refractivity contribution >= 4 is 21.8 Å². The Bertz CT molecular complexity index is 829. The molecule has 9 atom stereocenters. The maximum atomic E-state index is 13.3. The van der Waals surface area contributed by atoms with E-state index in [1.807, 2.05) is 12.1 Å². The molecule has 4 fully saturated rings. The van der Waals surface area contributed by atoms with Crippen molar-refractivity contribution in [2.24, 2.45) is 29.4 Å². The minimum absolute atomic E-state index is 0.0214. The van der Waals surface area contributed by atoms with E-state index in [1.165, 1.54) is 19.3 Å². The number of hydrogen-bond donors (Lipinski definition) is 5. The molecule has 182 valence electrons. The number of carbonyl (C=O) groups is 1. The highest BCUT2D eigenvalue weighted by Crippen LogP contribution is 2.46. The average Bonchev–Trinajstić information content (AvgIpc) is 3.31. The zero-order valence-electron chi connectivity index (χ0n) is 19.0. The van der Waals surface area contributed by atoms with Gasteiger partial charge in [0.1, 0.15) is 12.8 Å². The predicted octanol–water partition coefficient (Wildman–Crippen LogP) is 0.813. The number of amides is 1. The number of aromatic nitrogens is 1. The first-order chi connectivity index (χ1) is 16.1. The lowest BCUT2D eigenvalue weighted by atomic mass is 9.61. The third-order valence-corrected chi connectivity index (χ3v) is 9.00. The summed E-state index contributed by atoms with van der Waals surface area (Å²) < 4.78 is 10.5. The lowest BCUT2D eigenvalue weighted by Crippen LogP contribution is -2.68. The SMILES string of the molecule is COCCOc1ccc(C2NC(=O)C3C(N)C(C4CCCC5NNCC54)CC(Br)C3N2)cn1. The summed E-state index contributed by atoms with van der Waals surface area (Å²) in [6, 6.07) is 4.11. The number of rotatable bonds is 6. The number of nitrogens with zero attached hydrogens (tertiary/aromatic N) is 1. The molecule has 0 aromatic carbocycles. The van der Waals surface area contributed by atoms with Crippen LogP contribution < -0.4 is 32.0 Å². The third kappa shape index (κ3) is 4.66. The van der Waals surface area contributed by atoms with Crippen molar-refractivity contribution in [1.82, 2.24) is 26.5 Å². The van der Waals surface area contributed by atoms with Gasteiger partial charge in [-0.05, 0) is 43.1 Å². The number of hydrazine groups is 1. The summed E-state index contributed by atoms with van der Waals surface area (Å²) in [4.78, 5) is 17.9. The topological polar surface area (TPSA) is 123 Å². The molecular weight excluding hydrogens is 488 g/mol. The van der Waals surface area contributed by atoms with Crippen molar-refractivity contribution in [3.8, 4) is 5.88 Å². The van der Waals surface area contributed by atoms with Crippen LogP contribution in [0.4, 0.5) is 0 Å². The Labute approximate surface area is 203 Å². The van der Waals surface area contributed by atoms with Gasteiger partial charge in [-0.15, -0.1) is 0 Å². The number of methoxy groups -OCH3 is 1. The predicted molar refractivity (Wildman–Crippen MR) is 127 cm³/mol. The van der Waals surface area contributed by atoms with Crippen molar-refractivity contribution < 1.29 is 14.3 Å². The van der Waals surface area contributed by atoms with Crippen molar-refractivity contribution in [2.45, 2.75) is 54.8 Å². The quantitative estimate of drug-likeness (QED) is 0.275. The Hall–Kier alpha value is -1.30. The van der Waals surface area contributed by atoms with Crippen LogP contribution in [0.1, 0.15) is 37.4 Å². The number of pyridine rings is 1. The summed E-state index contributed by atoms with van der Waals surface area (Å²) in [5, 5.41) is 6.79. The van der Waals surface area contributed by atoms with Crippen LogP contribution in [-0.4, -0.2) is 60.7 Å². The van der Waals surface area contributed by atoms with E-state index in [4.69, 9.17) is 15.2 Å². The Morgan fingerprint density at radius 1 is 1.21 bits per heavy atom. The number of halogens is 1. The van der Waals surface area contributed by atoms with Gasteiger partial charge in [-0.3, -0.25) is 21.0 Å². The van der Waals surface area contributed by atoms with Gasteiger partial charge in [0.05, 0.1) is 12.5 Å². The number of hydrogen-bond acceptors (Lipinski definition) is 8. The molecule has 0 bridgehead atoms. The summed E-state index contributed by atoms with van der Waals surface area (Å²) >= 11 is 3.93. The molecule has 2 aliphatic carbocycles. The molecule has 1 amide bonds. The second-order valence-corrected chi connectivity index (χ2v) is 11.0. The molecule has 9 unspecified atom stereocenters. The average molecular weight is 523 g/mol. The fraction of sp³-hybridized carbons (Fsp3) is 0.739. The summed E-state index contributed by atoms with van der Waals surface area (Å²) in [5.41, 5.74) is 14.6. The molecule has 2 saturated carbocycles. The molecule has 4 aliphatic rings.